The summed E-state index contributed by atoms with van der Waals surface area (Å²) in [5.74, 6) is 0.719. The maximum Gasteiger partial charge on any atom is 0.338 e. The van der Waals surface area contributed by atoms with Crippen molar-refractivity contribution in [3.8, 4) is 11.5 Å². The lowest BCUT2D eigenvalue weighted by Crippen LogP contribution is -2.40. The topological polar surface area (TPSA) is 79.1 Å². The van der Waals surface area contributed by atoms with Crippen LogP contribution >= 0.6 is 22.9 Å². The molecule has 1 aromatic heterocycles. The number of carbonyl (C=O) groups excluding carboxylic acids is 1. The van der Waals surface area contributed by atoms with Crippen molar-refractivity contribution in [3.05, 3.63) is 89.6 Å². The fourth-order valence-electron chi connectivity index (χ4n) is 3.89. The molecule has 9 heteroatoms. The molecule has 4 rings (SSSR count). The first kappa shape index (κ1) is 24.8. The molecule has 7 nitrogen and oxygen atoms in total. The van der Waals surface area contributed by atoms with E-state index in [9.17, 15) is 9.59 Å². The molecule has 0 aliphatic carbocycles. The molecule has 1 aliphatic rings. The van der Waals surface area contributed by atoms with Crippen molar-refractivity contribution in [1.29, 1.82) is 0 Å². The lowest BCUT2D eigenvalue weighted by molar-refractivity contribution is -0.143. The van der Waals surface area contributed by atoms with Gasteiger partial charge in [0.1, 0.15) is 11.5 Å². The fourth-order valence-corrected chi connectivity index (χ4v) is 5.20. The molecule has 0 amide bonds. The number of hydrogen-bond acceptors (Lipinski definition) is 7. The number of methoxy groups -OCH3 is 2. The Morgan fingerprint density at radius 1 is 1.14 bits per heavy atom. The molecule has 0 N–H and O–H groups in total. The first-order valence-corrected chi connectivity index (χ1v) is 12.1. The Kier molecular flexibility index (Phi) is 7.14. The smallest absolute Gasteiger partial charge is 0.338 e. The third-order valence-electron chi connectivity index (χ3n) is 5.49. The predicted molar refractivity (Wildman–Crippen MR) is 136 cm³/mol. The predicted octanol–water partition coefficient (Wildman–Crippen LogP) is 3.86. The highest BCUT2D eigenvalue weighted by atomic mass is 35.5. The van der Waals surface area contributed by atoms with Gasteiger partial charge in [0.25, 0.3) is 5.56 Å². The number of rotatable bonds is 6. The summed E-state index contributed by atoms with van der Waals surface area (Å²) < 4.78 is 18.0. The number of benzene rings is 2. The van der Waals surface area contributed by atoms with Crippen LogP contribution in [0.5, 0.6) is 11.5 Å². The average molecular weight is 513 g/mol. The number of halogens is 1. The molecule has 0 spiro atoms. The van der Waals surface area contributed by atoms with Crippen LogP contribution in [0, 0.1) is 0 Å². The molecule has 0 bridgehead atoms. The van der Waals surface area contributed by atoms with Gasteiger partial charge in [0.15, 0.2) is 4.80 Å². The van der Waals surface area contributed by atoms with Crippen molar-refractivity contribution in [2.24, 2.45) is 4.99 Å². The van der Waals surface area contributed by atoms with Crippen LogP contribution in [0.15, 0.2) is 63.5 Å². The lowest BCUT2D eigenvalue weighted by atomic mass is 9.96. The molecule has 3 aromatic rings. The van der Waals surface area contributed by atoms with E-state index >= 15 is 0 Å². The minimum absolute atomic E-state index is 0.260. The van der Waals surface area contributed by atoms with Crippen LogP contribution in [0.4, 0.5) is 0 Å². The van der Waals surface area contributed by atoms with Crippen LogP contribution in [-0.4, -0.2) is 30.9 Å². The van der Waals surface area contributed by atoms with Crippen molar-refractivity contribution in [3.63, 3.8) is 0 Å². The minimum Gasteiger partial charge on any atom is -0.497 e. The van der Waals surface area contributed by atoms with Crippen LogP contribution in [0.25, 0.3) is 6.08 Å². The van der Waals surface area contributed by atoms with Crippen molar-refractivity contribution in [2.45, 2.75) is 32.9 Å². The largest absolute Gasteiger partial charge is 0.497 e. The van der Waals surface area contributed by atoms with E-state index in [1.54, 1.807) is 69.9 Å². The molecule has 0 unspecified atom stereocenters. The first-order chi connectivity index (χ1) is 16.7. The molecular formula is C26H25ClN2O5S. The molecular weight excluding hydrogens is 488 g/mol. The Bertz CT molecular complexity index is 1490. The van der Waals surface area contributed by atoms with Crippen LogP contribution in [0.2, 0.25) is 5.02 Å². The van der Waals surface area contributed by atoms with E-state index in [0.717, 1.165) is 11.1 Å². The number of hydrogen-bond donors (Lipinski definition) is 0. The van der Waals surface area contributed by atoms with E-state index in [-0.39, 0.29) is 11.7 Å². The van der Waals surface area contributed by atoms with Crippen molar-refractivity contribution >= 4 is 35.0 Å². The molecule has 1 atom stereocenters. The molecule has 0 radical (unpaired) electrons. The van der Waals surface area contributed by atoms with Crippen LogP contribution in [0.1, 0.15) is 37.9 Å². The van der Waals surface area contributed by atoms with Gasteiger partial charge in [0.05, 0.1) is 47.2 Å². The van der Waals surface area contributed by atoms with Crippen LogP contribution in [0.3, 0.4) is 0 Å². The highest BCUT2D eigenvalue weighted by molar-refractivity contribution is 7.07. The summed E-state index contributed by atoms with van der Waals surface area (Å²) in [7, 11) is 3.13. The summed E-state index contributed by atoms with van der Waals surface area (Å²) in [4.78, 5) is 31.9. The monoisotopic (exact) mass is 512 g/mol. The number of aromatic nitrogens is 1. The Hall–Kier alpha value is -3.36. The van der Waals surface area contributed by atoms with Gasteiger partial charge in [-0.05, 0) is 62.2 Å². The van der Waals surface area contributed by atoms with Gasteiger partial charge in [-0.3, -0.25) is 9.36 Å². The highest BCUT2D eigenvalue weighted by Gasteiger charge is 2.33. The number of allylic oxidation sites excluding steroid dienone is 1. The van der Waals surface area contributed by atoms with Gasteiger partial charge in [0, 0.05) is 0 Å². The number of esters is 1. The second-order valence-corrected chi connectivity index (χ2v) is 9.62. The van der Waals surface area contributed by atoms with Crippen molar-refractivity contribution in [2.75, 3.05) is 14.2 Å². The Morgan fingerprint density at radius 3 is 2.46 bits per heavy atom. The maximum absolute atomic E-state index is 13.7. The Labute approximate surface area is 211 Å². The molecule has 2 aromatic carbocycles. The Morgan fingerprint density at radius 2 is 1.86 bits per heavy atom. The second kappa shape index (κ2) is 10.1. The van der Waals surface area contributed by atoms with E-state index in [1.807, 2.05) is 18.2 Å². The number of fused-ring (bicyclic) bond motifs is 1. The van der Waals surface area contributed by atoms with E-state index < -0.39 is 12.0 Å². The van der Waals surface area contributed by atoms with Gasteiger partial charge in [-0.25, -0.2) is 9.79 Å². The average Bonchev–Trinajstić information content (AvgIpc) is 3.12. The van der Waals surface area contributed by atoms with Gasteiger partial charge in [-0.15, -0.1) is 0 Å². The van der Waals surface area contributed by atoms with Gasteiger partial charge in [0.2, 0.25) is 0 Å². The van der Waals surface area contributed by atoms with E-state index in [4.69, 9.17) is 25.8 Å². The Balaban J connectivity index is 1.91. The quantitative estimate of drug-likeness (QED) is 0.469. The number of nitrogens with zero attached hydrogens (tertiary/aromatic N) is 2. The maximum atomic E-state index is 13.7. The summed E-state index contributed by atoms with van der Waals surface area (Å²) >= 11 is 7.52. The molecule has 2 heterocycles. The summed E-state index contributed by atoms with van der Waals surface area (Å²) in [6.45, 7) is 5.32. The summed E-state index contributed by atoms with van der Waals surface area (Å²) in [6, 6.07) is 11.9. The summed E-state index contributed by atoms with van der Waals surface area (Å²) in [5, 5.41) is 0.444. The zero-order valence-corrected chi connectivity index (χ0v) is 21.6. The molecule has 35 heavy (non-hydrogen) atoms. The highest BCUT2D eigenvalue weighted by Crippen LogP contribution is 2.32. The summed E-state index contributed by atoms with van der Waals surface area (Å²) in [5.41, 5.74) is 2.07. The molecule has 0 saturated heterocycles. The van der Waals surface area contributed by atoms with Crippen molar-refractivity contribution < 1.29 is 19.0 Å². The van der Waals surface area contributed by atoms with Crippen LogP contribution in [-0.2, 0) is 9.53 Å². The van der Waals surface area contributed by atoms with Gasteiger partial charge >= 0.3 is 5.97 Å². The van der Waals surface area contributed by atoms with Crippen LogP contribution < -0.4 is 24.4 Å². The number of ether oxygens (including phenoxy) is 3. The standard InChI is InChI=1S/C26H25ClN2O5S/c1-14(2)34-25(31)22-15(3)28-26-29(23(22)17-7-9-18(32-4)10-8-17)24(30)21(35-26)13-16-6-11-20(33-5)19(27)12-16/h6-14,23H,1-5H3/b21-13+/t23-/m1/s1. The minimum atomic E-state index is -0.690. The zero-order chi connectivity index (χ0) is 25.3. The number of carbonyl (C=O) groups is 1. The van der Waals surface area contributed by atoms with Gasteiger partial charge in [-0.2, -0.15) is 0 Å². The SMILES string of the molecule is COc1ccc([C@@H]2C(C(=O)OC(C)C)=C(C)N=c3s/c(=C/c4ccc(OC)c(Cl)c4)c(=O)n32)cc1. The zero-order valence-electron chi connectivity index (χ0n) is 20.0. The third kappa shape index (κ3) is 4.90. The molecule has 0 saturated carbocycles. The summed E-state index contributed by atoms with van der Waals surface area (Å²) in [6.07, 6.45) is 1.44. The fraction of sp³-hybridized carbons (Fsp3) is 0.269. The van der Waals surface area contributed by atoms with E-state index in [2.05, 4.69) is 4.99 Å². The molecule has 182 valence electrons. The van der Waals surface area contributed by atoms with E-state index in [0.29, 0.717) is 37.1 Å². The lowest BCUT2D eigenvalue weighted by Gasteiger charge is -2.25. The normalized spacial score (nSPS) is 15.6. The molecule has 0 fully saturated rings. The van der Waals surface area contributed by atoms with Gasteiger partial charge < -0.3 is 14.2 Å². The van der Waals surface area contributed by atoms with Crippen molar-refractivity contribution in [1.82, 2.24) is 4.57 Å². The third-order valence-corrected chi connectivity index (χ3v) is 6.77. The van der Waals surface area contributed by atoms with E-state index in [1.165, 1.54) is 11.3 Å². The first-order valence-electron chi connectivity index (χ1n) is 10.9. The van der Waals surface area contributed by atoms with Gasteiger partial charge in [-0.1, -0.05) is 41.1 Å². The molecule has 1 aliphatic heterocycles. The number of thiazole rings is 1. The second-order valence-electron chi connectivity index (χ2n) is 8.20.